The van der Waals surface area contributed by atoms with E-state index < -0.39 is 5.60 Å². The summed E-state index contributed by atoms with van der Waals surface area (Å²) in [6, 6.07) is 11.0. The second kappa shape index (κ2) is 6.14. The Morgan fingerprint density at radius 2 is 2.17 bits per heavy atom. The Morgan fingerprint density at radius 1 is 1.35 bits per heavy atom. The fraction of sp³-hybridized carbons (Fsp3) is 0.167. The highest BCUT2D eigenvalue weighted by atomic mass is 16.4. The number of benzene rings is 1. The van der Waals surface area contributed by atoms with E-state index in [0.29, 0.717) is 11.3 Å². The van der Waals surface area contributed by atoms with E-state index >= 15 is 0 Å². The fourth-order valence-corrected chi connectivity index (χ4v) is 2.19. The first-order valence-corrected chi connectivity index (χ1v) is 7.24. The van der Waals surface area contributed by atoms with E-state index in [1.807, 2.05) is 24.3 Å². The smallest absolute Gasteiger partial charge is 0.244 e. The van der Waals surface area contributed by atoms with Crippen LogP contribution in [0.2, 0.25) is 0 Å². The normalized spacial score (nSPS) is 14.2. The summed E-state index contributed by atoms with van der Waals surface area (Å²) in [5.41, 5.74) is 0.205. The lowest BCUT2D eigenvalue weighted by molar-refractivity contribution is -0.117. The SMILES string of the molecule is CC(O)(CNC(=O)/C=C/c1ccoc1)c1cc2ccccc2o1. The van der Waals surface area contributed by atoms with Crippen molar-refractivity contribution in [2.45, 2.75) is 12.5 Å². The topological polar surface area (TPSA) is 75.6 Å². The van der Waals surface area contributed by atoms with Crippen LogP contribution in [0.4, 0.5) is 0 Å². The van der Waals surface area contributed by atoms with Crippen molar-refractivity contribution >= 4 is 23.0 Å². The van der Waals surface area contributed by atoms with E-state index in [9.17, 15) is 9.90 Å². The Hall–Kier alpha value is -2.79. The highest BCUT2D eigenvalue weighted by molar-refractivity contribution is 5.91. The van der Waals surface area contributed by atoms with E-state index in [0.717, 1.165) is 10.9 Å². The molecule has 1 aromatic carbocycles. The van der Waals surface area contributed by atoms with Crippen LogP contribution in [0.5, 0.6) is 0 Å². The third-order valence-electron chi connectivity index (χ3n) is 3.53. The van der Waals surface area contributed by atoms with Gasteiger partial charge in [-0.2, -0.15) is 0 Å². The molecule has 3 aromatic rings. The van der Waals surface area contributed by atoms with Crippen molar-refractivity contribution < 1.29 is 18.7 Å². The highest BCUT2D eigenvalue weighted by Gasteiger charge is 2.27. The molecule has 1 atom stereocenters. The lowest BCUT2D eigenvalue weighted by atomic mass is 10.0. The van der Waals surface area contributed by atoms with Gasteiger partial charge in [-0.1, -0.05) is 18.2 Å². The molecule has 118 valence electrons. The molecule has 23 heavy (non-hydrogen) atoms. The summed E-state index contributed by atoms with van der Waals surface area (Å²) >= 11 is 0. The van der Waals surface area contributed by atoms with E-state index in [4.69, 9.17) is 8.83 Å². The monoisotopic (exact) mass is 311 g/mol. The Morgan fingerprint density at radius 3 is 2.91 bits per heavy atom. The van der Waals surface area contributed by atoms with Gasteiger partial charge in [-0.25, -0.2) is 0 Å². The number of rotatable bonds is 5. The van der Waals surface area contributed by atoms with Gasteiger partial charge in [-0.3, -0.25) is 4.79 Å². The van der Waals surface area contributed by atoms with E-state index in [1.165, 1.54) is 18.6 Å². The molecule has 0 fully saturated rings. The quantitative estimate of drug-likeness (QED) is 0.710. The molecule has 0 saturated carbocycles. The van der Waals surface area contributed by atoms with Crippen LogP contribution in [0.1, 0.15) is 18.2 Å². The van der Waals surface area contributed by atoms with Crippen LogP contribution in [0, 0.1) is 0 Å². The Balaban J connectivity index is 1.65. The van der Waals surface area contributed by atoms with Gasteiger partial charge in [-0.05, 0) is 31.2 Å². The van der Waals surface area contributed by atoms with Crippen LogP contribution >= 0.6 is 0 Å². The van der Waals surface area contributed by atoms with Crippen LogP contribution in [0.15, 0.2) is 63.8 Å². The van der Waals surface area contributed by atoms with E-state index in [1.54, 1.807) is 25.1 Å². The molecule has 2 heterocycles. The number of aliphatic hydroxyl groups is 1. The number of hydrogen-bond donors (Lipinski definition) is 2. The zero-order chi connectivity index (χ0) is 16.3. The maximum atomic E-state index is 11.8. The van der Waals surface area contributed by atoms with Gasteiger partial charge in [0, 0.05) is 17.0 Å². The summed E-state index contributed by atoms with van der Waals surface area (Å²) < 4.78 is 10.6. The van der Waals surface area contributed by atoms with Crippen molar-refractivity contribution in [2.75, 3.05) is 6.54 Å². The van der Waals surface area contributed by atoms with Gasteiger partial charge < -0.3 is 19.3 Å². The molecule has 0 aliphatic rings. The van der Waals surface area contributed by atoms with Crippen molar-refractivity contribution in [3.05, 3.63) is 66.3 Å². The predicted octanol–water partition coefficient (Wildman–Crippen LogP) is 3.06. The second-order valence-corrected chi connectivity index (χ2v) is 5.53. The average Bonchev–Trinajstić information content (AvgIpc) is 3.20. The first kappa shape index (κ1) is 15.1. The molecular weight excluding hydrogens is 294 g/mol. The number of hydrogen-bond acceptors (Lipinski definition) is 4. The highest BCUT2D eigenvalue weighted by Crippen LogP contribution is 2.27. The van der Waals surface area contributed by atoms with Crippen LogP contribution in [-0.2, 0) is 10.4 Å². The minimum atomic E-state index is -1.29. The van der Waals surface area contributed by atoms with Crippen molar-refractivity contribution in [1.82, 2.24) is 5.32 Å². The Bertz CT molecular complexity index is 795. The number of carbonyl (C=O) groups excluding carboxylic acids is 1. The molecule has 0 bridgehead atoms. The molecule has 1 amide bonds. The summed E-state index contributed by atoms with van der Waals surface area (Å²) in [7, 11) is 0. The number of furan rings is 2. The molecule has 0 spiro atoms. The molecule has 0 aliphatic carbocycles. The standard InChI is InChI=1S/C18H17NO4/c1-18(21,16-10-14-4-2-3-5-15(14)23-16)12-19-17(20)7-6-13-8-9-22-11-13/h2-11,21H,12H2,1H3,(H,19,20)/b7-6+. The first-order valence-electron chi connectivity index (χ1n) is 7.24. The summed E-state index contributed by atoms with van der Waals surface area (Å²) in [4.78, 5) is 11.8. The minimum Gasteiger partial charge on any atom is -0.472 e. The molecule has 5 heteroatoms. The van der Waals surface area contributed by atoms with Crippen LogP contribution < -0.4 is 5.32 Å². The first-order chi connectivity index (χ1) is 11.0. The van der Waals surface area contributed by atoms with Crippen molar-refractivity contribution in [3.63, 3.8) is 0 Å². The van der Waals surface area contributed by atoms with Gasteiger partial charge >= 0.3 is 0 Å². The van der Waals surface area contributed by atoms with Crippen molar-refractivity contribution in [2.24, 2.45) is 0 Å². The van der Waals surface area contributed by atoms with E-state index in [-0.39, 0.29) is 12.5 Å². The Kier molecular flexibility index (Phi) is 4.04. The third kappa shape index (κ3) is 3.52. The van der Waals surface area contributed by atoms with E-state index in [2.05, 4.69) is 5.32 Å². The van der Waals surface area contributed by atoms with Crippen LogP contribution in [-0.4, -0.2) is 17.6 Å². The number of carbonyl (C=O) groups is 1. The summed E-state index contributed by atoms with van der Waals surface area (Å²) in [5, 5.41) is 14.1. The number of para-hydroxylation sites is 1. The van der Waals surface area contributed by atoms with Crippen LogP contribution in [0.3, 0.4) is 0 Å². The molecule has 3 rings (SSSR count). The van der Waals surface area contributed by atoms with Crippen molar-refractivity contribution in [1.29, 1.82) is 0 Å². The molecule has 2 N–H and O–H groups in total. The summed E-state index contributed by atoms with van der Waals surface area (Å²) in [6.07, 6.45) is 6.09. The fourth-order valence-electron chi connectivity index (χ4n) is 2.19. The molecule has 0 aliphatic heterocycles. The molecule has 0 saturated heterocycles. The zero-order valence-corrected chi connectivity index (χ0v) is 12.7. The van der Waals surface area contributed by atoms with Gasteiger partial charge in [0.2, 0.25) is 5.91 Å². The van der Waals surface area contributed by atoms with Gasteiger partial charge in [0.1, 0.15) is 16.9 Å². The van der Waals surface area contributed by atoms with Gasteiger partial charge in [0.25, 0.3) is 0 Å². The average molecular weight is 311 g/mol. The predicted molar refractivity (Wildman–Crippen MR) is 86.5 cm³/mol. The van der Waals surface area contributed by atoms with Gasteiger partial charge in [0.15, 0.2) is 0 Å². The van der Waals surface area contributed by atoms with Crippen molar-refractivity contribution in [3.8, 4) is 0 Å². The zero-order valence-electron chi connectivity index (χ0n) is 12.7. The number of fused-ring (bicyclic) bond motifs is 1. The second-order valence-electron chi connectivity index (χ2n) is 5.53. The molecule has 2 aromatic heterocycles. The molecule has 0 radical (unpaired) electrons. The summed E-state index contributed by atoms with van der Waals surface area (Å²) in [5.74, 6) is 0.111. The minimum absolute atomic E-state index is 0.0430. The molecule has 1 unspecified atom stereocenters. The lowest BCUT2D eigenvalue weighted by Gasteiger charge is -2.20. The lowest BCUT2D eigenvalue weighted by Crippen LogP contribution is -2.37. The third-order valence-corrected chi connectivity index (χ3v) is 3.53. The molecule has 5 nitrogen and oxygen atoms in total. The van der Waals surface area contributed by atoms with Gasteiger partial charge in [-0.15, -0.1) is 0 Å². The molecular formula is C18H17NO4. The maximum Gasteiger partial charge on any atom is 0.244 e. The summed E-state index contributed by atoms with van der Waals surface area (Å²) in [6.45, 7) is 1.65. The Labute approximate surface area is 133 Å². The number of nitrogens with one attached hydrogen (secondary N) is 1. The van der Waals surface area contributed by atoms with Gasteiger partial charge in [0.05, 0.1) is 19.1 Å². The maximum absolute atomic E-state index is 11.8. The number of amides is 1. The van der Waals surface area contributed by atoms with Crippen LogP contribution in [0.25, 0.3) is 17.0 Å². The largest absolute Gasteiger partial charge is 0.472 e.